The van der Waals surface area contributed by atoms with Crippen molar-refractivity contribution in [2.75, 3.05) is 5.73 Å². The number of fused-ring (bicyclic) bond motifs is 1. The Balaban J connectivity index is 1.85. The monoisotopic (exact) mass is 295 g/mol. The summed E-state index contributed by atoms with van der Waals surface area (Å²) in [7, 11) is 0. The lowest BCUT2D eigenvalue weighted by molar-refractivity contribution is 0.683. The van der Waals surface area contributed by atoms with Crippen molar-refractivity contribution in [1.29, 1.82) is 0 Å². The molecule has 0 spiro atoms. The zero-order chi connectivity index (χ0) is 14.4. The van der Waals surface area contributed by atoms with Gasteiger partial charge in [0.25, 0.3) is 0 Å². The molecule has 0 fully saturated rings. The van der Waals surface area contributed by atoms with E-state index in [4.69, 9.17) is 17.3 Å². The van der Waals surface area contributed by atoms with Crippen molar-refractivity contribution in [3.63, 3.8) is 0 Å². The van der Waals surface area contributed by atoms with Gasteiger partial charge in [-0.15, -0.1) is 0 Å². The summed E-state index contributed by atoms with van der Waals surface area (Å²) in [4.78, 5) is 0. The number of hydrogen-bond donors (Lipinski definition) is 2. The molecule has 0 amide bonds. The average Bonchev–Trinajstić information content (AvgIpc) is 2.83. The summed E-state index contributed by atoms with van der Waals surface area (Å²) in [6.45, 7) is 0. The Hall–Kier alpha value is -2.26. The Morgan fingerprint density at radius 3 is 2.67 bits per heavy atom. The number of hydrogen-bond acceptors (Lipinski definition) is 2. The molecular weight excluding hydrogens is 282 g/mol. The lowest BCUT2D eigenvalue weighted by Crippen LogP contribution is -2.19. The number of nitrogens with one attached hydrogen (secondary N) is 1. The molecule has 1 aromatic heterocycles. The van der Waals surface area contributed by atoms with Crippen molar-refractivity contribution >= 4 is 17.4 Å². The number of H-pyrrole nitrogens is 1. The van der Waals surface area contributed by atoms with E-state index in [2.05, 4.69) is 34.5 Å². The molecule has 3 aromatic rings. The second-order valence-electron chi connectivity index (χ2n) is 5.33. The molecule has 3 N–H and O–H groups in total. The van der Waals surface area contributed by atoms with Crippen LogP contribution in [-0.2, 0) is 6.42 Å². The highest BCUT2D eigenvalue weighted by Crippen LogP contribution is 2.45. The third kappa shape index (κ3) is 1.85. The lowest BCUT2D eigenvalue weighted by Gasteiger charge is -2.30. The maximum absolute atomic E-state index is 6.33. The Labute approximate surface area is 127 Å². The lowest BCUT2D eigenvalue weighted by atomic mass is 9.74. The zero-order valence-electron chi connectivity index (χ0n) is 11.3. The van der Waals surface area contributed by atoms with Gasteiger partial charge in [-0.2, -0.15) is 5.10 Å². The Morgan fingerprint density at radius 2 is 1.86 bits per heavy atom. The second kappa shape index (κ2) is 4.64. The maximum Gasteiger partial charge on any atom is 0.153 e. The average molecular weight is 296 g/mol. The van der Waals surface area contributed by atoms with E-state index < -0.39 is 0 Å². The van der Waals surface area contributed by atoms with E-state index in [-0.39, 0.29) is 0 Å². The van der Waals surface area contributed by atoms with Gasteiger partial charge in [0, 0.05) is 22.1 Å². The quantitative estimate of drug-likeness (QED) is 0.751. The predicted molar refractivity (Wildman–Crippen MR) is 85.4 cm³/mol. The minimum Gasteiger partial charge on any atom is -0.382 e. The number of rotatable bonds is 2. The molecule has 4 heteroatoms. The number of nitrogens with zero attached hydrogens (tertiary/aromatic N) is 1. The number of nitrogens with two attached hydrogens (primary N) is 1. The predicted octanol–water partition coefficient (Wildman–Crippen LogP) is 4.00. The summed E-state index contributed by atoms with van der Waals surface area (Å²) >= 11 is 6.33. The molecule has 21 heavy (non-hydrogen) atoms. The van der Waals surface area contributed by atoms with Crippen LogP contribution in [0.4, 0.5) is 5.82 Å². The van der Waals surface area contributed by atoms with Gasteiger partial charge in [-0.05, 0) is 23.6 Å². The third-order valence-corrected chi connectivity index (χ3v) is 4.50. The molecule has 2 aromatic carbocycles. The van der Waals surface area contributed by atoms with Gasteiger partial charge in [-0.3, -0.25) is 5.10 Å². The first kappa shape index (κ1) is 12.5. The van der Waals surface area contributed by atoms with E-state index >= 15 is 0 Å². The van der Waals surface area contributed by atoms with E-state index in [0.717, 1.165) is 23.2 Å². The Bertz CT molecular complexity index is 822. The van der Waals surface area contributed by atoms with Gasteiger partial charge in [-0.1, -0.05) is 54.1 Å². The fourth-order valence-corrected chi connectivity index (χ4v) is 3.32. The number of benzene rings is 2. The highest BCUT2D eigenvalue weighted by Gasteiger charge is 2.31. The van der Waals surface area contributed by atoms with Crippen LogP contribution < -0.4 is 5.73 Å². The third-order valence-electron chi connectivity index (χ3n) is 4.17. The summed E-state index contributed by atoms with van der Waals surface area (Å²) in [6.07, 6.45) is 1.01. The van der Waals surface area contributed by atoms with E-state index in [1.54, 1.807) is 0 Å². The molecule has 1 atom stereocenters. The van der Waals surface area contributed by atoms with E-state index in [1.807, 2.05) is 24.3 Å². The van der Waals surface area contributed by atoms with Crippen LogP contribution in [0.15, 0.2) is 48.5 Å². The first-order chi connectivity index (χ1) is 10.3. The van der Waals surface area contributed by atoms with Gasteiger partial charge in [0.05, 0.1) is 5.69 Å². The fourth-order valence-electron chi connectivity index (χ4n) is 3.09. The zero-order valence-corrected chi connectivity index (χ0v) is 12.1. The summed E-state index contributed by atoms with van der Waals surface area (Å²) in [5.41, 5.74) is 11.7. The molecule has 104 valence electrons. The highest BCUT2D eigenvalue weighted by molar-refractivity contribution is 6.33. The number of aromatic amines is 1. The molecular formula is C17H14ClN3. The molecule has 0 saturated carbocycles. The summed E-state index contributed by atoms with van der Waals surface area (Å²) in [6, 6.07) is 16.2. The maximum atomic E-state index is 6.33. The van der Waals surface area contributed by atoms with Crippen LogP contribution >= 0.6 is 11.6 Å². The summed E-state index contributed by atoms with van der Waals surface area (Å²) in [5.74, 6) is 0.819. The molecule has 0 radical (unpaired) electrons. The molecule has 0 saturated heterocycles. The van der Waals surface area contributed by atoms with Crippen LogP contribution in [0.2, 0.25) is 5.02 Å². The topological polar surface area (TPSA) is 54.7 Å². The van der Waals surface area contributed by atoms with Gasteiger partial charge in [-0.25, -0.2) is 0 Å². The smallest absolute Gasteiger partial charge is 0.153 e. The first-order valence-corrected chi connectivity index (χ1v) is 7.30. The molecule has 1 heterocycles. The molecule has 3 nitrogen and oxygen atoms in total. The van der Waals surface area contributed by atoms with Crippen LogP contribution in [-0.4, -0.2) is 10.2 Å². The summed E-state index contributed by atoms with van der Waals surface area (Å²) in [5, 5.41) is 8.01. The molecule has 1 unspecified atom stereocenters. The Kier molecular flexibility index (Phi) is 2.76. The minimum atomic E-state index is 0.317. The van der Waals surface area contributed by atoms with Crippen molar-refractivity contribution < 1.29 is 0 Å². The van der Waals surface area contributed by atoms with Crippen molar-refractivity contribution in [2.24, 2.45) is 0 Å². The van der Waals surface area contributed by atoms with Crippen molar-refractivity contribution in [3.8, 4) is 11.1 Å². The molecule has 1 aliphatic rings. The van der Waals surface area contributed by atoms with Crippen LogP contribution in [0, 0.1) is 0 Å². The van der Waals surface area contributed by atoms with E-state index in [1.165, 1.54) is 11.1 Å². The van der Waals surface area contributed by atoms with Gasteiger partial charge in [0.1, 0.15) is 0 Å². The van der Waals surface area contributed by atoms with E-state index in [9.17, 15) is 0 Å². The van der Waals surface area contributed by atoms with Crippen molar-refractivity contribution in [1.82, 2.24) is 10.2 Å². The molecule has 4 rings (SSSR count). The van der Waals surface area contributed by atoms with Crippen LogP contribution in [0.5, 0.6) is 0 Å². The molecule has 1 aliphatic carbocycles. The first-order valence-electron chi connectivity index (χ1n) is 6.92. The fraction of sp³-hybridized carbons (Fsp3) is 0.118. The SMILES string of the molecule is Nc1n[nH]c(C2Cc3ccccc32)c1-c1ccccc1Cl. The normalized spacial score (nSPS) is 16.3. The van der Waals surface area contributed by atoms with Crippen molar-refractivity contribution in [3.05, 3.63) is 70.4 Å². The second-order valence-corrected chi connectivity index (χ2v) is 5.74. The largest absolute Gasteiger partial charge is 0.382 e. The van der Waals surface area contributed by atoms with E-state index in [0.29, 0.717) is 16.8 Å². The van der Waals surface area contributed by atoms with Crippen LogP contribution in [0.1, 0.15) is 22.7 Å². The summed E-state index contributed by atoms with van der Waals surface area (Å²) < 4.78 is 0. The van der Waals surface area contributed by atoms with Gasteiger partial charge in [0.2, 0.25) is 0 Å². The van der Waals surface area contributed by atoms with Crippen molar-refractivity contribution in [2.45, 2.75) is 12.3 Å². The van der Waals surface area contributed by atoms with Gasteiger partial charge in [0.15, 0.2) is 5.82 Å². The number of nitrogen functional groups attached to an aromatic ring is 1. The number of halogens is 1. The Morgan fingerprint density at radius 1 is 1.10 bits per heavy atom. The standard InChI is InChI=1S/C17H14ClN3/c18-14-8-4-3-7-12(14)15-16(20-21-17(15)19)13-9-10-5-1-2-6-11(10)13/h1-8,13H,9H2,(H3,19,20,21). The number of anilines is 1. The molecule has 0 bridgehead atoms. The van der Waals surface area contributed by atoms with Gasteiger partial charge >= 0.3 is 0 Å². The minimum absolute atomic E-state index is 0.317. The highest BCUT2D eigenvalue weighted by atomic mass is 35.5. The molecule has 0 aliphatic heterocycles. The number of aromatic nitrogens is 2. The van der Waals surface area contributed by atoms with Crippen LogP contribution in [0.25, 0.3) is 11.1 Å². The van der Waals surface area contributed by atoms with Crippen LogP contribution in [0.3, 0.4) is 0 Å². The van der Waals surface area contributed by atoms with Gasteiger partial charge < -0.3 is 5.73 Å².